The average molecular weight is 278 g/mol. The summed E-state index contributed by atoms with van der Waals surface area (Å²) in [6, 6.07) is 0.286. The molecular formula is C10H18N2O3S2. The summed E-state index contributed by atoms with van der Waals surface area (Å²) in [4.78, 5) is 0. The zero-order valence-corrected chi connectivity index (χ0v) is 11.3. The van der Waals surface area contributed by atoms with Gasteiger partial charge < -0.3 is 4.74 Å². The van der Waals surface area contributed by atoms with Crippen LogP contribution in [-0.2, 0) is 27.2 Å². The molecule has 5 nitrogen and oxygen atoms in total. The molecule has 1 unspecified atom stereocenters. The van der Waals surface area contributed by atoms with Gasteiger partial charge in [-0.1, -0.05) is 0 Å². The molecule has 2 aliphatic rings. The maximum Gasteiger partial charge on any atom is 0.217 e. The van der Waals surface area contributed by atoms with E-state index in [1.165, 1.54) is 0 Å². The molecule has 7 heteroatoms. The average Bonchev–Trinajstić information content (AvgIpc) is 2.84. The van der Waals surface area contributed by atoms with Crippen molar-refractivity contribution in [3.8, 4) is 0 Å². The van der Waals surface area contributed by atoms with Crippen molar-refractivity contribution >= 4 is 22.4 Å². The molecule has 0 aromatic heterocycles. The van der Waals surface area contributed by atoms with Crippen molar-refractivity contribution in [2.45, 2.75) is 49.4 Å². The van der Waals surface area contributed by atoms with Crippen LogP contribution in [-0.4, -0.2) is 39.0 Å². The Hall–Kier alpha value is -0.110. The van der Waals surface area contributed by atoms with Crippen LogP contribution in [0.1, 0.15) is 32.1 Å². The van der Waals surface area contributed by atoms with Gasteiger partial charge >= 0.3 is 0 Å². The first kappa shape index (κ1) is 13.3. The van der Waals surface area contributed by atoms with E-state index < -0.39 is 10.0 Å². The van der Waals surface area contributed by atoms with Gasteiger partial charge in [0.15, 0.2) is 0 Å². The molecular weight excluding hydrogens is 260 g/mol. The second kappa shape index (κ2) is 5.69. The fourth-order valence-electron chi connectivity index (χ4n) is 2.39. The maximum absolute atomic E-state index is 12.0. The lowest BCUT2D eigenvalue weighted by Crippen LogP contribution is -2.43. The topological polar surface area (TPSA) is 67.8 Å². The molecule has 1 aliphatic carbocycles. The summed E-state index contributed by atoms with van der Waals surface area (Å²) in [6.45, 7) is 0.874. The second-order valence-electron chi connectivity index (χ2n) is 4.76. The third-order valence-corrected chi connectivity index (χ3v) is 5.71. The van der Waals surface area contributed by atoms with Crippen molar-refractivity contribution in [3.05, 3.63) is 0 Å². The van der Waals surface area contributed by atoms with Crippen LogP contribution in [0.2, 0.25) is 0 Å². The molecule has 0 amide bonds. The monoisotopic (exact) mass is 278 g/mol. The molecule has 1 aliphatic heterocycles. The smallest absolute Gasteiger partial charge is 0.217 e. The lowest BCUT2D eigenvalue weighted by Gasteiger charge is -2.27. The van der Waals surface area contributed by atoms with Crippen molar-refractivity contribution in [1.29, 1.82) is 0 Å². The molecule has 98 valence electrons. The van der Waals surface area contributed by atoms with Crippen molar-refractivity contribution in [2.24, 2.45) is 4.36 Å². The molecule has 2 fully saturated rings. The van der Waals surface area contributed by atoms with Gasteiger partial charge in [0.25, 0.3) is 0 Å². The Morgan fingerprint density at radius 3 is 2.41 bits per heavy atom. The van der Waals surface area contributed by atoms with Crippen LogP contribution < -0.4 is 4.72 Å². The van der Waals surface area contributed by atoms with Gasteiger partial charge in [-0.25, -0.2) is 17.5 Å². The molecule has 1 atom stereocenters. The number of rotatable bonds is 4. The van der Waals surface area contributed by atoms with E-state index in [0.29, 0.717) is 19.6 Å². The molecule has 17 heavy (non-hydrogen) atoms. The van der Waals surface area contributed by atoms with Gasteiger partial charge in [0.2, 0.25) is 10.0 Å². The van der Waals surface area contributed by atoms with Crippen LogP contribution in [0.5, 0.6) is 0 Å². The Labute approximate surface area is 108 Å². The lowest BCUT2D eigenvalue weighted by molar-refractivity contribution is 0.198. The van der Waals surface area contributed by atoms with E-state index >= 15 is 0 Å². The molecule has 0 aromatic rings. The quantitative estimate of drug-likeness (QED) is 0.823. The largest absolute Gasteiger partial charge is 0.380 e. The molecule has 1 saturated carbocycles. The predicted molar refractivity (Wildman–Crippen MR) is 67.1 cm³/mol. The van der Waals surface area contributed by atoms with Crippen LogP contribution in [0.4, 0.5) is 0 Å². The van der Waals surface area contributed by atoms with E-state index in [1.807, 2.05) is 0 Å². The Balaban J connectivity index is 1.86. The minimum Gasteiger partial charge on any atom is -0.380 e. The molecule has 1 saturated heterocycles. The zero-order chi connectivity index (χ0) is 12.3. The second-order valence-corrected chi connectivity index (χ2v) is 6.96. The van der Waals surface area contributed by atoms with E-state index in [9.17, 15) is 8.42 Å². The van der Waals surface area contributed by atoms with E-state index in [1.54, 1.807) is 0 Å². The molecule has 1 N–H and O–H groups in total. The summed E-state index contributed by atoms with van der Waals surface area (Å²) in [5.74, 6) is 0. The summed E-state index contributed by atoms with van der Waals surface area (Å²) >= 11 is 4.68. The number of hydrogen-bond donors (Lipinski definition) is 1. The zero-order valence-electron chi connectivity index (χ0n) is 9.67. The summed E-state index contributed by atoms with van der Waals surface area (Å²) < 4.78 is 35.8. The summed E-state index contributed by atoms with van der Waals surface area (Å²) in [7, 11) is -3.22. The SMILES string of the molecule is O=S(=O)(N[C@H]1CC[C@H](N=S)CC1)C1CCOC1. The highest BCUT2D eigenvalue weighted by molar-refractivity contribution is 7.90. The van der Waals surface area contributed by atoms with Crippen LogP contribution >= 0.6 is 0 Å². The molecule has 2 rings (SSSR count). The van der Waals surface area contributed by atoms with E-state index in [-0.39, 0.29) is 17.3 Å². The van der Waals surface area contributed by atoms with Crippen LogP contribution in [0.15, 0.2) is 4.36 Å². The minimum atomic E-state index is -3.22. The number of nitrogens with zero attached hydrogens (tertiary/aromatic N) is 1. The molecule has 0 spiro atoms. The van der Waals surface area contributed by atoms with Gasteiger partial charge in [-0.15, -0.1) is 0 Å². The van der Waals surface area contributed by atoms with Crippen LogP contribution in [0, 0.1) is 0 Å². The number of nitrogens with one attached hydrogen (secondary N) is 1. The molecule has 0 aromatic carbocycles. The maximum atomic E-state index is 12.0. The van der Waals surface area contributed by atoms with Gasteiger partial charge in [0.05, 0.1) is 12.6 Å². The van der Waals surface area contributed by atoms with Gasteiger partial charge in [-0.05, 0) is 32.1 Å². The van der Waals surface area contributed by atoms with Crippen molar-refractivity contribution in [1.82, 2.24) is 4.72 Å². The van der Waals surface area contributed by atoms with E-state index in [0.717, 1.165) is 25.7 Å². The Morgan fingerprint density at radius 1 is 1.18 bits per heavy atom. The molecule has 0 radical (unpaired) electrons. The van der Waals surface area contributed by atoms with Crippen LogP contribution in [0.3, 0.4) is 0 Å². The molecule has 1 heterocycles. The molecule has 0 bridgehead atoms. The number of ether oxygens (including phenoxy) is 1. The van der Waals surface area contributed by atoms with Gasteiger partial charge in [-0.3, -0.25) is 0 Å². The first-order valence-electron chi connectivity index (χ1n) is 6.03. The lowest BCUT2D eigenvalue weighted by atomic mass is 9.93. The third kappa shape index (κ3) is 3.43. The van der Waals surface area contributed by atoms with Crippen molar-refractivity contribution in [3.63, 3.8) is 0 Å². The van der Waals surface area contributed by atoms with Crippen LogP contribution in [0.25, 0.3) is 0 Å². The highest BCUT2D eigenvalue weighted by Gasteiger charge is 2.32. The fraction of sp³-hybridized carbons (Fsp3) is 1.00. The third-order valence-electron chi connectivity index (χ3n) is 3.50. The van der Waals surface area contributed by atoms with Gasteiger partial charge in [0.1, 0.15) is 5.25 Å². The van der Waals surface area contributed by atoms with E-state index in [4.69, 9.17) is 4.74 Å². The van der Waals surface area contributed by atoms with Gasteiger partial charge in [-0.2, -0.15) is 0 Å². The standard InChI is InChI=1S/C10H18N2O3S2/c13-17(14,10-5-6-15-7-10)12-9-3-1-8(11-16)2-4-9/h8-10,12H,1-7H2/t8-,9-,10?. The van der Waals surface area contributed by atoms with E-state index in [2.05, 4.69) is 21.5 Å². The first-order chi connectivity index (χ1) is 8.12. The van der Waals surface area contributed by atoms with Crippen molar-refractivity contribution in [2.75, 3.05) is 13.2 Å². The summed E-state index contributed by atoms with van der Waals surface area (Å²) in [5, 5.41) is -0.371. The highest BCUT2D eigenvalue weighted by atomic mass is 32.2. The summed E-state index contributed by atoms with van der Waals surface area (Å²) in [5.41, 5.74) is 0. The Morgan fingerprint density at radius 2 is 1.88 bits per heavy atom. The fourth-order valence-corrected chi connectivity index (χ4v) is 4.17. The van der Waals surface area contributed by atoms with Crippen molar-refractivity contribution < 1.29 is 13.2 Å². The van der Waals surface area contributed by atoms with Gasteiger partial charge in [0, 0.05) is 25.1 Å². The normalized spacial score (nSPS) is 34.7. The Bertz CT molecular complexity index is 358. The Kier molecular flexibility index (Phi) is 4.46. The predicted octanol–water partition coefficient (Wildman–Crippen LogP) is 0.736. The first-order valence-corrected chi connectivity index (χ1v) is 7.94. The summed E-state index contributed by atoms with van der Waals surface area (Å²) in [6.07, 6.45) is 4.04. The highest BCUT2D eigenvalue weighted by Crippen LogP contribution is 2.23. The minimum absolute atomic E-state index is 0.0496. The number of sulfonamides is 1. The number of hydrogen-bond acceptors (Lipinski definition) is 5.